The van der Waals surface area contributed by atoms with Crippen LogP contribution in [-0.2, 0) is 4.74 Å². The predicted octanol–water partition coefficient (Wildman–Crippen LogP) is 1.65. The first-order valence-corrected chi connectivity index (χ1v) is 9.19. The standard InChI is InChI=1S/C17H30F3N5O2/c1-16(2,3)27-15(26)25-9-13(10-25)23-14(21-4)22-7-12-5-6-24(8-12)11-17(18,19)20/h12-13H,5-11H2,1-4H3,(H2,21,22,23). The van der Waals surface area contributed by atoms with Gasteiger partial charge in [0, 0.05) is 33.2 Å². The lowest BCUT2D eigenvalue weighted by atomic mass is 10.1. The smallest absolute Gasteiger partial charge is 0.410 e. The molecule has 7 nitrogen and oxygen atoms in total. The Bertz CT molecular complexity index is 542. The van der Waals surface area contributed by atoms with E-state index in [1.54, 1.807) is 11.9 Å². The maximum Gasteiger partial charge on any atom is 0.410 e. The summed E-state index contributed by atoms with van der Waals surface area (Å²) in [4.78, 5) is 19.1. The van der Waals surface area contributed by atoms with Crippen LogP contribution in [0.15, 0.2) is 4.99 Å². The van der Waals surface area contributed by atoms with Gasteiger partial charge < -0.3 is 20.3 Å². The molecule has 0 saturated carbocycles. The van der Waals surface area contributed by atoms with Gasteiger partial charge in [0.15, 0.2) is 5.96 Å². The molecule has 0 aromatic rings. The molecule has 0 aromatic heterocycles. The summed E-state index contributed by atoms with van der Waals surface area (Å²) in [7, 11) is 1.64. The van der Waals surface area contributed by atoms with Crippen LogP contribution in [0.25, 0.3) is 0 Å². The number of rotatable bonds is 4. The Morgan fingerprint density at radius 1 is 1.22 bits per heavy atom. The second kappa shape index (κ2) is 8.53. The second-order valence-corrected chi connectivity index (χ2v) is 8.18. The minimum atomic E-state index is -4.15. The fraction of sp³-hybridized carbons (Fsp3) is 0.882. The van der Waals surface area contributed by atoms with E-state index < -0.39 is 18.3 Å². The fourth-order valence-corrected chi connectivity index (χ4v) is 3.15. The summed E-state index contributed by atoms with van der Waals surface area (Å²) < 4.78 is 42.7. The van der Waals surface area contributed by atoms with Crippen molar-refractivity contribution in [1.29, 1.82) is 0 Å². The van der Waals surface area contributed by atoms with Gasteiger partial charge in [0.05, 0.1) is 12.6 Å². The fourth-order valence-electron chi connectivity index (χ4n) is 3.15. The van der Waals surface area contributed by atoms with Gasteiger partial charge in [-0.25, -0.2) is 4.79 Å². The van der Waals surface area contributed by atoms with E-state index in [9.17, 15) is 18.0 Å². The highest BCUT2D eigenvalue weighted by Gasteiger charge is 2.35. The molecule has 0 bridgehead atoms. The SMILES string of the molecule is CN=C(NCC1CCN(CC(F)(F)F)C1)NC1CN(C(=O)OC(C)(C)C)C1. The zero-order valence-electron chi connectivity index (χ0n) is 16.4. The first-order valence-electron chi connectivity index (χ1n) is 9.19. The van der Waals surface area contributed by atoms with Crippen LogP contribution in [0, 0.1) is 5.92 Å². The lowest BCUT2D eigenvalue weighted by Crippen LogP contribution is -2.63. The van der Waals surface area contributed by atoms with Gasteiger partial charge in [-0.1, -0.05) is 0 Å². The number of alkyl halides is 3. The number of aliphatic imine (C=N–C) groups is 1. The molecule has 0 radical (unpaired) electrons. The summed E-state index contributed by atoms with van der Waals surface area (Å²) >= 11 is 0. The Kier molecular flexibility index (Phi) is 6.82. The van der Waals surface area contributed by atoms with Crippen molar-refractivity contribution in [1.82, 2.24) is 20.4 Å². The lowest BCUT2D eigenvalue weighted by Gasteiger charge is -2.40. The van der Waals surface area contributed by atoms with Crippen LogP contribution in [-0.4, -0.2) is 86.0 Å². The van der Waals surface area contributed by atoms with Gasteiger partial charge in [-0.05, 0) is 39.7 Å². The van der Waals surface area contributed by atoms with Crippen molar-refractivity contribution in [3.05, 3.63) is 0 Å². The minimum absolute atomic E-state index is 0.0778. The summed E-state index contributed by atoms with van der Waals surface area (Å²) in [6, 6.07) is 0.0778. The number of halogens is 3. The van der Waals surface area contributed by atoms with Gasteiger partial charge in [0.2, 0.25) is 0 Å². The highest BCUT2D eigenvalue weighted by Crippen LogP contribution is 2.22. The Hall–Kier alpha value is -1.71. The molecule has 2 fully saturated rings. The van der Waals surface area contributed by atoms with Crippen molar-refractivity contribution in [3.63, 3.8) is 0 Å². The molecular formula is C17H30F3N5O2. The zero-order valence-corrected chi connectivity index (χ0v) is 16.4. The normalized spacial score (nSPS) is 22.6. The molecule has 2 aliphatic rings. The molecule has 10 heteroatoms. The number of ether oxygens (including phenoxy) is 1. The van der Waals surface area contributed by atoms with E-state index in [4.69, 9.17) is 4.74 Å². The third-order valence-corrected chi connectivity index (χ3v) is 4.43. The monoisotopic (exact) mass is 393 g/mol. The first-order chi connectivity index (χ1) is 12.4. The highest BCUT2D eigenvalue weighted by molar-refractivity contribution is 5.80. The first kappa shape index (κ1) is 21.6. The van der Waals surface area contributed by atoms with Crippen molar-refractivity contribution < 1.29 is 22.7 Å². The second-order valence-electron chi connectivity index (χ2n) is 8.18. The molecular weight excluding hydrogens is 363 g/mol. The van der Waals surface area contributed by atoms with Crippen LogP contribution in [0.4, 0.5) is 18.0 Å². The van der Waals surface area contributed by atoms with Crippen molar-refractivity contribution in [3.8, 4) is 0 Å². The third kappa shape index (κ3) is 7.43. The van der Waals surface area contributed by atoms with Crippen LogP contribution >= 0.6 is 0 Å². The van der Waals surface area contributed by atoms with Gasteiger partial charge in [-0.3, -0.25) is 9.89 Å². The lowest BCUT2D eigenvalue weighted by molar-refractivity contribution is -0.143. The highest BCUT2D eigenvalue weighted by atomic mass is 19.4. The average molecular weight is 393 g/mol. The van der Waals surface area contributed by atoms with E-state index in [0.717, 1.165) is 6.42 Å². The van der Waals surface area contributed by atoms with E-state index in [1.807, 2.05) is 20.8 Å². The van der Waals surface area contributed by atoms with Gasteiger partial charge in [-0.15, -0.1) is 0 Å². The minimum Gasteiger partial charge on any atom is -0.444 e. The van der Waals surface area contributed by atoms with Gasteiger partial charge in [-0.2, -0.15) is 13.2 Å². The van der Waals surface area contributed by atoms with E-state index in [1.165, 1.54) is 4.90 Å². The molecule has 0 spiro atoms. The number of likely N-dealkylation sites (tertiary alicyclic amines) is 2. The van der Waals surface area contributed by atoms with Crippen molar-refractivity contribution in [2.75, 3.05) is 46.3 Å². The Balaban J connectivity index is 1.66. The largest absolute Gasteiger partial charge is 0.444 e. The van der Waals surface area contributed by atoms with Crippen LogP contribution in [0.1, 0.15) is 27.2 Å². The molecule has 2 saturated heterocycles. The number of carbonyl (C=O) groups excluding carboxylic acids is 1. The van der Waals surface area contributed by atoms with E-state index in [-0.39, 0.29) is 18.1 Å². The van der Waals surface area contributed by atoms with Crippen molar-refractivity contribution >= 4 is 12.1 Å². The van der Waals surface area contributed by atoms with Crippen LogP contribution < -0.4 is 10.6 Å². The quantitative estimate of drug-likeness (QED) is 0.562. The van der Waals surface area contributed by atoms with Crippen LogP contribution in [0.2, 0.25) is 0 Å². The Morgan fingerprint density at radius 3 is 2.44 bits per heavy atom. The Labute approximate surface area is 158 Å². The summed E-state index contributed by atoms with van der Waals surface area (Å²) in [6.07, 6.45) is -3.75. The molecule has 156 valence electrons. The molecule has 2 heterocycles. The molecule has 2 N–H and O–H groups in total. The molecule has 1 atom stereocenters. The average Bonchev–Trinajstić information content (AvgIpc) is 2.88. The number of amides is 1. The Morgan fingerprint density at radius 2 is 1.89 bits per heavy atom. The molecule has 0 aliphatic carbocycles. The maximum atomic E-state index is 12.4. The van der Waals surface area contributed by atoms with Crippen LogP contribution in [0.3, 0.4) is 0 Å². The number of carbonyl (C=O) groups is 1. The van der Waals surface area contributed by atoms with Crippen molar-refractivity contribution in [2.45, 2.75) is 45.0 Å². The number of guanidine groups is 1. The number of hydrogen-bond donors (Lipinski definition) is 2. The molecule has 2 aliphatic heterocycles. The number of hydrogen-bond acceptors (Lipinski definition) is 4. The van der Waals surface area contributed by atoms with Gasteiger partial charge in [0.25, 0.3) is 0 Å². The third-order valence-electron chi connectivity index (χ3n) is 4.43. The molecule has 27 heavy (non-hydrogen) atoms. The van der Waals surface area contributed by atoms with Gasteiger partial charge in [0.1, 0.15) is 5.60 Å². The van der Waals surface area contributed by atoms with Crippen molar-refractivity contribution in [2.24, 2.45) is 10.9 Å². The summed E-state index contributed by atoms with van der Waals surface area (Å²) in [5.74, 6) is 0.753. The summed E-state index contributed by atoms with van der Waals surface area (Å²) in [5.41, 5.74) is -0.519. The summed E-state index contributed by atoms with van der Waals surface area (Å²) in [5, 5.41) is 6.39. The number of nitrogens with zero attached hydrogens (tertiary/aromatic N) is 3. The maximum absolute atomic E-state index is 12.4. The molecule has 0 aromatic carbocycles. The molecule has 2 rings (SSSR count). The summed E-state index contributed by atoms with van der Waals surface area (Å²) in [6.45, 7) is 7.14. The van der Waals surface area contributed by atoms with Crippen LogP contribution in [0.5, 0.6) is 0 Å². The molecule has 1 unspecified atom stereocenters. The molecule has 1 amide bonds. The number of nitrogens with one attached hydrogen (secondary N) is 2. The van der Waals surface area contributed by atoms with E-state index in [0.29, 0.717) is 38.7 Å². The topological polar surface area (TPSA) is 69.2 Å². The van der Waals surface area contributed by atoms with E-state index in [2.05, 4.69) is 15.6 Å². The zero-order chi connectivity index (χ0) is 20.2. The predicted molar refractivity (Wildman–Crippen MR) is 96.7 cm³/mol. The van der Waals surface area contributed by atoms with E-state index >= 15 is 0 Å². The van der Waals surface area contributed by atoms with Gasteiger partial charge >= 0.3 is 12.3 Å².